The zero-order valence-corrected chi connectivity index (χ0v) is 37.3. The molecule has 62 heavy (non-hydrogen) atoms. The van der Waals surface area contributed by atoms with Gasteiger partial charge in [-0.2, -0.15) is 12.1 Å². The standard InChI is InChI=1S/C56H47N4O.Pd/c1-55(2,3)40-32-41(56(4,5)6)34-43(33-40)59-37-58(51-23-12-13-24-52(51)59)42-19-16-20-44(35-42)61-45-27-28-48-46-21-10-11-22-47(46)49-31-39(38-17-8-7-9-18-38)26-29-50(49)60(53(48)36-45)54-25-14-15-30-57-54;/h7-34,37H,1-6H3;/q-3;. The number of pyridine rings is 1. The number of hydrogen-bond acceptors (Lipinski definition) is 5. The van der Waals surface area contributed by atoms with Crippen LogP contribution in [0, 0.1) is 18.8 Å². The Morgan fingerprint density at radius 2 is 1.15 bits per heavy atom. The van der Waals surface area contributed by atoms with Gasteiger partial charge in [0.05, 0.1) is 5.69 Å². The molecule has 5 nitrogen and oxygen atoms in total. The van der Waals surface area contributed by atoms with Crippen LogP contribution < -0.4 is 19.4 Å². The Bertz CT molecular complexity index is 2880. The normalized spacial score (nSPS) is 13.0. The first-order valence-corrected chi connectivity index (χ1v) is 21.0. The van der Waals surface area contributed by atoms with E-state index in [-0.39, 0.29) is 31.3 Å². The zero-order valence-electron chi connectivity index (χ0n) is 35.8. The molecule has 310 valence electrons. The molecule has 0 unspecified atom stereocenters. The van der Waals surface area contributed by atoms with Crippen molar-refractivity contribution in [1.82, 2.24) is 4.98 Å². The SMILES string of the molecule is CC(C)(C)c1cc(N2[CH-]N(c3[c-]c(Oc4[c-]c5c(cc4)-c4ccccc4-c4cc(-c6ccccc6)ccc4N5c4ccccn4)ccc3)c3ccccc32)cc(C(C)(C)C)c1.[Pd]. The van der Waals surface area contributed by atoms with Gasteiger partial charge in [0.1, 0.15) is 5.82 Å². The smallest absolute Gasteiger partial charge is 0.135 e. The summed E-state index contributed by atoms with van der Waals surface area (Å²) in [4.78, 5) is 11.6. The number of fused-ring (bicyclic) bond motifs is 6. The summed E-state index contributed by atoms with van der Waals surface area (Å²) in [7, 11) is 0. The van der Waals surface area contributed by atoms with Crippen molar-refractivity contribution < 1.29 is 25.2 Å². The van der Waals surface area contributed by atoms with Gasteiger partial charge in [-0.05, 0) is 87.2 Å². The Balaban J connectivity index is 0.00000490. The van der Waals surface area contributed by atoms with Crippen LogP contribution in [-0.4, -0.2) is 4.98 Å². The van der Waals surface area contributed by atoms with Gasteiger partial charge >= 0.3 is 0 Å². The van der Waals surface area contributed by atoms with Crippen LogP contribution in [0.15, 0.2) is 170 Å². The predicted octanol–water partition coefficient (Wildman–Crippen LogP) is 15.3. The molecule has 0 saturated carbocycles. The Labute approximate surface area is 379 Å². The molecule has 0 N–H and O–H groups in total. The van der Waals surface area contributed by atoms with Crippen LogP contribution in [0.5, 0.6) is 11.5 Å². The van der Waals surface area contributed by atoms with Crippen LogP contribution in [0.3, 0.4) is 0 Å². The molecule has 0 spiro atoms. The van der Waals surface area contributed by atoms with Crippen molar-refractivity contribution in [3.05, 3.63) is 200 Å². The third-order valence-electron chi connectivity index (χ3n) is 11.6. The van der Waals surface area contributed by atoms with E-state index in [4.69, 9.17) is 9.72 Å². The van der Waals surface area contributed by atoms with E-state index in [1.165, 1.54) is 16.7 Å². The van der Waals surface area contributed by atoms with Crippen LogP contribution in [0.4, 0.5) is 39.9 Å². The maximum Gasteiger partial charge on any atom is 0.135 e. The van der Waals surface area contributed by atoms with Gasteiger partial charge in [-0.25, -0.2) is 4.98 Å². The van der Waals surface area contributed by atoms with Crippen molar-refractivity contribution >= 4 is 39.9 Å². The van der Waals surface area contributed by atoms with Crippen molar-refractivity contribution in [2.45, 2.75) is 52.4 Å². The summed E-state index contributed by atoms with van der Waals surface area (Å²) in [6, 6.07) is 65.0. The molecule has 6 heteroatoms. The van der Waals surface area contributed by atoms with Crippen molar-refractivity contribution in [3.8, 4) is 44.9 Å². The van der Waals surface area contributed by atoms with Crippen molar-refractivity contribution in [2.24, 2.45) is 0 Å². The fourth-order valence-corrected chi connectivity index (χ4v) is 8.35. The third-order valence-corrected chi connectivity index (χ3v) is 11.6. The predicted molar refractivity (Wildman–Crippen MR) is 252 cm³/mol. The number of benzene rings is 7. The van der Waals surface area contributed by atoms with Crippen molar-refractivity contribution in [3.63, 3.8) is 0 Å². The molecule has 0 bridgehead atoms. The van der Waals surface area contributed by atoms with E-state index in [2.05, 4.69) is 202 Å². The molecule has 7 aromatic carbocycles. The summed E-state index contributed by atoms with van der Waals surface area (Å²) in [5.41, 5.74) is 15.4. The fourth-order valence-electron chi connectivity index (χ4n) is 8.35. The molecule has 2 aliphatic rings. The van der Waals surface area contributed by atoms with Crippen LogP contribution in [0.25, 0.3) is 33.4 Å². The van der Waals surface area contributed by atoms with Gasteiger partial charge in [0.2, 0.25) is 0 Å². The minimum absolute atomic E-state index is 0. The van der Waals surface area contributed by atoms with E-state index in [0.29, 0.717) is 11.5 Å². The first kappa shape index (κ1) is 40.9. The molecule has 0 radical (unpaired) electrons. The van der Waals surface area contributed by atoms with E-state index in [0.717, 1.165) is 67.8 Å². The van der Waals surface area contributed by atoms with Crippen molar-refractivity contribution in [2.75, 3.05) is 14.7 Å². The molecule has 0 saturated heterocycles. The molecule has 1 aromatic heterocycles. The average Bonchev–Trinajstić information content (AvgIpc) is 3.61. The number of hydrogen-bond donors (Lipinski definition) is 0. The number of nitrogens with zero attached hydrogens (tertiary/aromatic N) is 4. The number of anilines is 7. The molecule has 0 atom stereocenters. The van der Waals surface area contributed by atoms with Gasteiger partial charge in [0.15, 0.2) is 0 Å². The van der Waals surface area contributed by atoms with E-state index >= 15 is 0 Å². The maximum absolute atomic E-state index is 6.72. The van der Waals surface area contributed by atoms with Gasteiger partial charge in [0, 0.05) is 60.7 Å². The largest absolute Gasteiger partial charge is 0.509 e. The molecule has 3 heterocycles. The van der Waals surface area contributed by atoms with Crippen LogP contribution in [-0.2, 0) is 31.3 Å². The maximum atomic E-state index is 6.72. The Hall–Kier alpha value is -6.45. The molecule has 0 amide bonds. The second-order valence-corrected chi connectivity index (χ2v) is 17.9. The van der Waals surface area contributed by atoms with Gasteiger partial charge in [0.25, 0.3) is 0 Å². The summed E-state index contributed by atoms with van der Waals surface area (Å²) in [5, 5.41) is 0. The van der Waals surface area contributed by atoms with E-state index in [1.54, 1.807) is 0 Å². The van der Waals surface area contributed by atoms with E-state index < -0.39 is 0 Å². The Morgan fingerprint density at radius 1 is 0.500 bits per heavy atom. The van der Waals surface area contributed by atoms with Gasteiger partial charge in [-0.1, -0.05) is 138 Å². The summed E-state index contributed by atoms with van der Waals surface area (Å²) in [5.74, 6) is 1.97. The van der Waals surface area contributed by atoms with Crippen molar-refractivity contribution in [1.29, 1.82) is 0 Å². The quantitative estimate of drug-likeness (QED) is 0.123. The van der Waals surface area contributed by atoms with E-state index in [9.17, 15) is 0 Å². The number of rotatable bonds is 6. The number of para-hydroxylation sites is 2. The molecule has 10 rings (SSSR count). The first-order chi connectivity index (χ1) is 29.5. The van der Waals surface area contributed by atoms with Gasteiger partial charge < -0.3 is 19.4 Å². The second kappa shape index (κ2) is 16.1. The minimum Gasteiger partial charge on any atom is -0.509 e. The monoisotopic (exact) mass is 897 g/mol. The van der Waals surface area contributed by atoms with Crippen LogP contribution in [0.2, 0.25) is 0 Å². The summed E-state index contributed by atoms with van der Waals surface area (Å²) >= 11 is 0. The van der Waals surface area contributed by atoms with Gasteiger partial charge in [-0.3, -0.25) is 0 Å². The molecule has 2 aliphatic heterocycles. The van der Waals surface area contributed by atoms with E-state index in [1.807, 2.05) is 42.6 Å². The molecular formula is C56H47N4OPd-3. The number of ether oxygens (including phenoxy) is 1. The third kappa shape index (κ3) is 7.59. The average molecular weight is 898 g/mol. The minimum atomic E-state index is -0.00543. The van der Waals surface area contributed by atoms with Crippen LogP contribution >= 0.6 is 0 Å². The Morgan fingerprint density at radius 3 is 1.84 bits per heavy atom. The van der Waals surface area contributed by atoms with Crippen LogP contribution in [0.1, 0.15) is 52.7 Å². The fraction of sp³-hybridized carbons (Fsp3) is 0.143. The molecule has 0 fully saturated rings. The first-order valence-electron chi connectivity index (χ1n) is 21.0. The second-order valence-electron chi connectivity index (χ2n) is 17.9. The zero-order chi connectivity index (χ0) is 41.9. The number of aromatic nitrogens is 1. The molecule has 8 aromatic rings. The Kier molecular flexibility index (Phi) is 10.6. The van der Waals surface area contributed by atoms with Gasteiger partial charge in [-0.15, -0.1) is 48.3 Å². The summed E-state index contributed by atoms with van der Waals surface area (Å²) in [6.07, 6.45) is 1.84. The summed E-state index contributed by atoms with van der Waals surface area (Å²) < 4.78 is 6.72. The topological polar surface area (TPSA) is 31.8 Å². The molecule has 0 aliphatic carbocycles. The summed E-state index contributed by atoms with van der Waals surface area (Å²) in [6.45, 7) is 15.9. The molecular weight excluding hydrogens is 851 g/mol.